The molecule has 0 fully saturated rings. The van der Waals surface area contributed by atoms with Gasteiger partial charge >= 0.3 is 5.97 Å². The molecule has 2 unspecified atom stereocenters. The number of hydrogen-bond donors (Lipinski definition) is 0. The number of ether oxygens (including phenoxy) is 2. The minimum absolute atomic E-state index is 0.0188. The normalized spacial score (nSPS) is 21.1. The largest absolute Gasteiger partial charge is 0.497 e. The van der Waals surface area contributed by atoms with Gasteiger partial charge in [-0.2, -0.15) is 0 Å². The monoisotopic (exact) mass is 302 g/mol. The van der Waals surface area contributed by atoms with Crippen molar-refractivity contribution in [3.05, 3.63) is 41.5 Å². The predicted octanol–water partition coefficient (Wildman–Crippen LogP) is 4.16. The average Bonchev–Trinajstić information content (AvgIpc) is 2.54. The number of carbonyl (C=O) groups excluding carboxylic acids is 1. The van der Waals surface area contributed by atoms with Gasteiger partial charge in [-0.05, 0) is 56.2 Å². The summed E-state index contributed by atoms with van der Waals surface area (Å²) in [5, 5.41) is 0. The maximum atomic E-state index is 12.0. The molecule has 0 N–H and O–H groups in total. The lowest BCUT2D eigenvalue weighted by Gasteiger charge is -2.28. The molecule has 22 heavy (non-hydrogen) atoms. The molecule has 2 atom stereocenters. The van der Waals surface area contributed by atoms with E-state index in [0.717, 1.165) is 31.4 Å². The third kappa shape index (κ3) is 4.12. The topological polar surface area (TPSA) is 35.5 Å². The standard InChI is InChI=1S/C19H26O3/c1-4-22-19(20)18-10-6-8-16(14(18)2)12-11-15-7-5-9-17(13-15)21-3/h5,7-9,13-14,18H,4,6,10-12H2,1-3H3. The fraction of sp³-hybridized carbons (Fsp3) is 0.526. The lowest BCUT2D eigenvalue weighted by molar-refractivity contribution is -0.149. The molecule has 3 heteroatoms. The van der Waals surface area contributed by atoms with Crippen LogP contribution in [-0.4, -0.2) is 19.7 Å². The van der Waals surface area contributed by atoms with E-state index in [2.05, 4.69) is 25.1 Å². The van der Waals surface area contributed by atoms with Crippen LogP contribution in [0.2, 0.25) is 0 Å². The van der Waals surface area contributed by atoms with Crippen LogP contribution in [0, 0.1) is 11.8 Å². The van der Waals surface area contributed by atoms with Crippen molar-refractivity contribution in [1.82, 2.24) is 0 Å². The lowest BCUT2D eigenvalue weighted by atomic mass is 9.77. The number of methoxy groups -OCH3 is 1. The van der Waals surface area contributed by atoms with Crippen LogP contribution in [0.3, 0.4) is 0 Å². The number of aryl methyl sites for hydroxylation is 1. The summed E-state index contributed by atoms with van der Waals surface area (Å²) in [7, 11) is 1.69. The zero-order valence-electron chi connectivity index (χ0n) is 13.8. The van der Waals surface area contributed by atoms with Crippen LogP contribution >= 0.6 is 0 Å². The van der Waals surface area contributed by atoms with E-state index in [9.17, 15) is 4.79 Å². The van der Waals surface area contributed by atoms with Gasteiger partial charge in [-0.15, -0.1) is 0 Å². The van der Waals surface area contributed by atoms with E-state index in [1.165, 1.54) is 11.1 Å². The molecule has 0 saturated carbocycles. The summed E-state index contributed by atoms with van der Waals surface area (Å²) in [6.45, 7) is 4.48. The average molecular weight is 302 g/mol. The minimum atomic E-state index is -0.0398. The molecule has 3 nitrogen and oxygen atoms in total. The summed E-state index contributed by atoms with van der Waals surface area (Å²) < 4.78 is 10.5. The lowest BCUT2D eigenvalue weighted by Crippen LogP contribution is -2.28. The van der Waals surface area contributed by atoms with Crippen molar-refractivity contribution in [2.45, 2.75) is 39.5 Å². The second kappa shape index (κ2) is 8.02. The van der Waals surface area contributed by atoms with E-state index < -0.39 is 0 Å². The van der Waals surface area contributed by atoms with Crippen LogP contribution in [0.15, 0.2) is 35.9 Å². The van der Waals surface area contributed by atoms with Crippen LogP contribution in [0.5, 0.6) is 5.75 Å². The SMILES string of the molecule is CCOC(=O)C1CCC=C(CCc2cccc(OC)c2)C1C. The van der Waals surface area contributed by atoms with Crippen molar-refractivity contribution in [2.24, 2.45) is 11.8 Å². The first kappa shape index (κ1) is 16.6. The maximum absolute atomic E-state index is 12.0. The minimum Gasteiger partial charge on any atom is -0.497 e. The smallest absolute Gasteiger partial charge is 0.309 e. The number of hydrogen-bond acceptors (Lipinski definition) is 3. The van der Waals surface area contributed by atoms with Crippen molar-refractivity contribution in [3.63, 3.8) is 0 Å². The highest BCUT2D eigenvalue weighted by Crippen LogP contribution is 2.33. The Morgan fingerprint density at radius 3 is 2.86 bits per heavy atom. The third-order valence-electron chi connectivity index (χ3n) is 4.50. The van der Waals surface area contributed by atoms with Crippen molar-refractivity contribution in [2.75, 3.05) is 13.7 Å². The second-order valence-corrected chi connectivity index (χ2v) is 5.86. The first-order valence-electron chi connectivity index (χ1n) is 8.14. The van der Waals surface area contributed by atoms with E-state index in [4.69, 9.17) is 9.47 Å². The number of carbonyl (C=O) groups is 1. The molecule has 0 amide bonds. The van der Waals surface area contributed by atoms with Gasteiger partial charge in [0.05, 0.1) is 19.6 Å². The Kier molecular flexibility index (Phi) is 6.05. The van der Waals surface area contributed by atoms with Crippen molar-refractivity contribution < 1.29 is 14.3 Å². The van der Waals surface area contributed by atoms with E-state index in [1.54, 1.807) is 7.11 Å². The summed E-state index contributed by atoms with van der Waals surface area (Å²) in [6, 6.07) is 8.19. The fourth-order valence-corrected chi connectivity index (χ4v) is 3.16. The molecule has 0 saturated heterocycles. The summed E-state index contributed by atoms with van der Waals surface area (Å²) in [5.41, 5.74) is 2.65. The summed E-state index contributed by atoms with van der Waals surface area (Å²) >= 11 is 0. The van der Waals surface area contributed by atoms with Gasteiger partial charge in [-0.1, -0.05) is 30.7 Å². The molecule has 0 spiro atoms. The highest BCUT2D eigenvalue weighted by Gasteiger charge is 2.30. The van der Waals surface area contributed by atoms with Gasteiger partial charge in [-0.25, -0.2) is 0 Å². The number of allylic oxidation sites excluding steroid dienone is 2. The Labute approximate surface area is 133 Å². The van der Waals surface area contributed by atoms with Gasteiger partial charge in [-0.3, -0.25) is 4.79 Å². The zero-order chi connectivity index (χ0) is 15.9. The quantitative estimate of drug-likeness (QED) is 0.584. The summed E-state index contributed by atoms with van der Waals surface area (Å²) in [4.78, 5) is 12.0. The molecule has 0 heterocycles. The predicted molar refractivity (Wildman–Crippen MR) is 87.9 cm³/mol. The number of benzene rings is 1. The van der Waals surface area contributed by atoms with Gasteiger partial charge in [0.2, 0.25) is 0 Å². The van der Waals surface area contributed by atoms with Crippen LogP contribution < -0.4 is 4.74 Å². The van der Waals surface area contributed by atoms with E-state index in [0.29, 0.717) is 6.61 Å². The van der Waals surface area contributed by atoms with Crippen LogP contribution in [-0.2, 0) is 16.0 Å². The second-order valence-electron chi connectivity index (χ2n) is 5.86. The van der Waals surface area contributed by atoms with Crippen molar-refractivity contribution in [3.8, 4) is 5.75 Å². The van der Waals surface area contributed by atoms with E-state index >= 15 is 0 Å². The van der Waals surface area contributed by atoms with Crippen molar-refractivity contribution >= 4 is 5.97 Å². The Bertz CT molecular complexity index is 533. The van der Waals surface area contributed by atoms with E-state index in [1.807, 2.05) is 19.1 Å². The van der Waals surface area contributed by atoms with Crippen LogP contribution in [0.25, 0.3) is 0 Å². The fourth-order valence-electron chi connectivity index (χ4n) is 3.16. The molecule has 2 rings (SSSR count). The Morgan fingerprint density at radius 2 is 2.14 bits per heavy atom. The van der Waals surface area contributed by atoms with Gasteiger partial charge in [0.15, 0.2) is 0 Å². The first-order valence-corrected chi connectivity index (χ1v) is 8.14. The molecule has 0 aliphatic heterocycles. The first-order chi connectivity index (χ1) is 10.7. The van der Waals surface area contributed by atoms with Gasteiger partial charge in [0.25, 0.3) is 0 Å². The van der Waals surface area contributed by atoms with Gasteiger partial charge in [0.1, 0.15) is 5.75 Å². The van der Waals surface area contributed by atoms with Gasteiger partial charge < -0.3 is 9.47 Å². The maximum Gasteiger partial charge on any atom is 0.309 e. The molecule has 1 aromatic rings. The molecular formula is C19H26O3. The highest BCUT2D eigenvalue weighted by molar-refractivity contribution is 5.73. The Hall–Kier alpha value is -1.77. The molecule has 0 bridgehead atoms. The van der Waals surface area contributed by atoms with Crippen LogP contribution in [0.1, 0.15) is 38.7 Å². The number of rotatable bonds is 6. The molecule has 1 aromatic carbocycles. The molecule has 0 aromatic heterocycles. The molecule has 0 radical (unpaired) electrons. The number of esters is 1. The van der Waals surface area contributed by atoms with E-state index in [-0.39, 0.29) is 17.8 Å². The van der Waals surface area contributed by atoms with Gasteiger partial charge in [0, 0.05) is 0 Å². The molecule has 120 valence electrons. The summed E-state index contributed by atoms with van der Waals surface area (Å²) in [5.74, 6) is 1.15. The Balaban J connectivity index is 1.97. The zero-order valence-corrected chi connectivity index (χ0v) is 13.8. The molecule has 1 aliphatic rings. The van der Waals surface area contributed by atoms with Crippen molar-refractivity contribution in [1.29, 1.82) is 0 Å². The third-order valence-corrected chi connectivity index (χ3v) is 4.50. The molecular weight excluding hydrogens is 276 g/mol. The molecule has 1 aliphatic carbocycles. The highest BCUT2D eigenvalue weighted by atomic mass is 16.5. The van der Waals surface area contributed by atoms with Crippen LogP contribution in [0.4, 0.5) is 0 Å². The Morgan fingerprint density at radius 1 is 1.32 bits per heavy atom. The summed E-state index contributed by atoms with van der Waals surface area (Å²) in [6.07, 6.45) is 6.15.